The third-order valence-electron chi connectivity index (χ3n) is 5.65. The number of nitrogens with zero attached hydrogens (tertiary/aromatic N) is 1. The van der Waals surface area contributed by atoms with E-state index in [1.807, 2.05) is 54.6 Å². The molecule has 3 rings (SSSR count). The molecule has 0 radical (unpaired) electrons. The first-order valence-corrected chi connectivity index (χ1v) is 10.9. The Morgan fingerprint density at radius 3 is 2.17 bits per heavy atom. The van der Waals surface area contributed by atoms with E-state index >= 15 is 0 Å². The first-order chi connectivity index (χ1) is 14.2. The van der Waals surface area contributed by atoms with E-state index in [0.717, 1.165) is 55.6 Å². The zero-order valence-corrected chi connectivity index (χ0v) is 17.6. The third-order valence-corrected chi connectivity index (χ3v) is 5.65. The zero-order valence-electron chi connectivity index (χ0n) is 17.6. The number of rotatable bonds is 11. The van der Waals surface area contributed by atoms with E-state index in [1.165, 1.54) is 32.4 Å². The number of hydrogen-bond donors (Lipinski definition) is 1. The number of benzene rings is 2. The summed E-state index contributed by atoms with van der Waals surface area (Å²) in [5.74, 6) is 2.70. The normalized spacial score (nSPS) is 15.2. The predicted molar refractivity (Wildman–Crippen MR) is 119 cm³/mol. The van der Waals surface area contributed by atoms with Gasteiger partial charge in [-0.2, -0.15) is 0 Å². The molecule has 0 amide bonds. The van der Waals surface area contributed by atoms with Crippen LogP contribution in [-0.2, 0) is 0 Å². The summed E-state index contributed by atoms with van der Waals surface area (Å²) in [6.07, 6.45) is 6.05. The van der Waals surface area contributed by atoms with Crippen LogP contribution in [0.1, 0.15) is 44.6 Å². The number of ether oxygens (including phenoxy) is 2. The number of para-hydroxylation sites is 1. The van der Waals surface area contributed by atoms with Crippen molar-refractivity contribution in [1.29, 1.82) is 5.41 Å². The molecule has 0 aliphatic carbocycles. The highest BCUT2D eigenvalue weighted by atomic mass is 16.5. The van der Waals surface area contributed by atoms with Gasteiger partial charge < -0.3 is 19.8 Å². The van der Waals surface area contributed by atoms with Crippen molar-refractivity contribution in [2.45, 2.75) is 39.0 Å². The summed E-state index contributed by atoms with van der Waals surface area (Å²) in [6, 6.07) is 17.9. The minimum absolute atomic E-state index is 0.589. The molecule has 0 aromatic heterocycles. The lowest BCUT2D eigenvalue weighted by Gasteiger charge is -2.32. The van der Waals surface area contributed by atoms with Gasteiger partial charge in [-0.25, -0.2) is 0 Å². The lowest BCUT2D eigenvalue weighted by atomic mass is 9.92. The maximum atomic E-state index is 7.63. The van der Waals surface area contributed by atoms with Crippen LogP contribution in [0.15, 0.2) is 54.6 Å². The van der Waals surface area contributed by atoms with Gasteiger partial charge in [0.2, 0.25) is 0 Å². The van der Waals surface area contributed by atoms with Crippen molar-refractivity contribution in [3.05, 3.63) is 60.2 Å². The molecule has 4 nitrogen and oxygen atoms in total. The van der Waals surface area contributed by atoms with Crippen molar-refractivity contribution in [3.8, 4) is 11.5 Å². The van der Waals surface area contributed by atoms with Crippen LogP contribution in [0, 0.1) is 11.3 Å². The van der Waals surface area contributed by atoms with Crippen LogP contribution < -0.4 is 9.47 Å². The Hall–Kier alpha value is -2.33. The Morgan fingerprint density at radius 1 is 0.897 bits per heavy atom. The Morgan fingerprint density at radius 2 is 1.52 bits per heavy atom. The lowest BCUT2D eigenvalue weighted by molar-refractivity contribution is 0.161. The van der Waals surface area contributed by atoms with E-state index < -0.39 is 0 Å². The van der Waals surface area contributed by atoms with Gasteiger partial charge in [-0.05, 0) is 100.0 Å². The van der Waals surface area contributed by atoms with Crippen molar-refractivity contribution in [2.75, 3.05) is 32.8 Å². The quantitative estimate of drug-likeness (QED) is 0.409. The van der Waals surface area contributed by atoms with Gasteiger partial charge in [0.1, 0.15) is 11.5 Å². The van der Waals surface area contributed by atoms with Crippen molar-refractivity contribution in [2.24, 2.45) is 5.92 Å². The minimum Gasteiger partial charge on any atom is -0.494 e. The molecule has 2 aromatic carbocycles. The molecule has 1 aliphatic heterocycles. The number of hydrogen-bond acceptors (Lipinski definition) is 4. The summed E-state index contributed by atoms with van der Waals surface area (Å²) >= 11 is 0. The second kappa shape index (κ2) is 11.6. The summed E-state index contributed by atoms with van der Waals surface area (Å²) in [7, 11) is 0. The van der Waals surface area contributed by atoms with E-state index in [1.54, 1.807) is 6.92 Å². The van der Waals surface area contributed by atoms with Gasteiger partial charge >= 0.3 is 0 Å². The Bertz CT molecular complexity index is 722. The van der Waals surface area contributed by atoms with Crippen LogP contribution in [0.4, 0.5) is 0 Å². The number of likely N-dealkylation sites (tertiary alicyclic amines) is 1. The van der Waals surface area contributed by atoms with E-state index in [4.69, 9.17) is 14.9 Å². The van der Waals surface area contributed by atoms with E-state index in [-0.39, 0.29) is 0 Å². The molecule has 0 bridgehead atoms. The van der Waals surface area contributed by atoms with Crippen LogP contribution in [0.3, 0.4) is 0 Å². The van der Waals surface area contributed by atoms with Crippen molar-refractivity contribution < 1.29 is 9.47 Å². The van der Waals surface area contributed by atoms with Crippen molar-refractivity contribution >= 4 is 5.71 Å². The molecule has 4 heteroatoms. The van der Waals surface area contributed by atoms with Gasteiger partial charge in [0.05, 0.1) is 13.2 Å². The highest BCUT2D eigenvalue weighted by Gasteiger charge is 2.18. The molecule has 156 valence electrons. The zero-order chi connectivity index (χ0) is 20.3. The van der Waals surface area contributed by atoms with E-state index in [9.17, 15) is 0 Å². The van der Waals surface area contributed by atoms with Gasteiger partial charge in [0.25, 0.3) is 0 Å². The maximum Gasteiger partial charge on any atom is 0.119 e. The highest BCUT2D eigenvalue weighted by Crippen LogP contribution is 2.22. The summed E-state index contributed by atoms with van der Waals surface area (Å²) < 4.78 is 11.6. The number of piperidine rings is 1. The average Bonchev–Trinajstić information content (AvgIpc) is 2.76. The molecule has 0 unspecified atom stereocenters. The fraction of sp³-hybridized carbons (Fsp3) is 0.480. The molecular weight excluding hydrogens is 360 g/mol. The Kier molecular flexibility index (Phi) is 8.57. The molecule has 1 N–H and O–H groups in total. The fourth-order valence-electron chi connectivity index (χ4n) is 3.86. The molecule has 29 heavy (non-hydrogen) atoms. The smallest absolute Gasteiger partial charge is 0.119 e. The average molecular weight is 395 g/mol. The fourth-order valence-corrected chi connectivity index (χ4v) is 3.86. The minimum atomic E-state index is 0.589. The summed E-state index contributed by atoms with van der Waals surface area (Å²) in [5, 5.41) is 7.63. The monoisotopic (exact) mass is 394 g/mol. The first-order valence-electron chi connectivity index (χ1n) is 10.9. The molecule has 1 fully saturated rings. The SMILES string of the molecule is CC(=N)c1ccc(OCCCC2CCN(CCCOc3ccccc3)CC2)cc1. The molecule has 2 aromatic rings. The van der Waals surface area contributed by atoms with Crippen LogP contribution in [0.5, 0.6) is 11.5 Å². The van der Waals surface area contributed by atoms with Gasteiger partial charge in [0, 0.05) is 12.3 Å². The van der Waals surface area contributed by atoms with Crippen LogP contribution in [-0.4, -0.2) is 43.5 Å². The third kappa shape index (κ3) is 7.54. The van der Waals surface area contributed by atoms with Gasteiger partial charge in [-0.1, -0.05) is 18.2 Å². The largest absolute Gasteiger partial charge is 0.494 e. The second-order valence-electron chi connectivity index (χ2n) is 7.94. The highest BCUT2D eigenvalue weighted by molar-refractivity contribution is 5.96. The topological polar surface area (TPSA) is 45.5 Å². The van der Waals surface area contributed by atoms with Gasteiger partial charge in [-0.3, -0.25) is 0 Å². The molecule has 1 aliphatic rings. The molecular formula is C25H34N2O2. The van der Waals surface area contributed by atoms with Crippen molar-refractivity contribution in [3.63, 3.8) is 0 Å². The maximum absolute atomic E-state index is 7.63. The Balaban J connectivity index is 1.22. The van der Waals surface area contributed by atoms with Gasteiger partial charge in [0.15, 0.2) is 0 Å². The first kappa shape index (κ1) is 21.4. The molecule has 0 spiro atoms. The lowest BCUT2D eigenvalue weighted by Crippen LogP contribution is -2.35. The second-order valence-corrected chi connectivity index (χ2v) is 7.94. The van der Waals surface area contributed by atoms with Crippen LogP contribution in [0.2, 0.25) is 0 Å². The number of nitrogens with one attached hydrogen (secondary N) is 1. The predicted octanol–water partition coefficient (Wildman–Crippen LogP) is 5.41. The molecule has 1 saturated heterocycles. The standard InChI is InChI=1S/C25H34N2O2/c1-21(26)23-10-12-25(13-11-23)28-19-5-7-22-14-17-27(18-15-22)16-6-20-29-24-8-3-2-4-9-24/h2-4,8-13,22,26H,5-7,14-20H2,1H3. The molecule has 0 saturated carbocycles. The van der Waals surface area contributed by atoms with Crippen LogP contribution >= 0.6 is 0 Å². The van der Waals surface area contributed by atoms with E-state index in [0.29, 0.717) is 5.71 Å². The molecule has 1 heterocycles. The van der Waals surface area contributed by atoms with Crippen molar-refractivity contribution in [1.82, 2.24) is 4.90 Å². The van der Waals surface area contributed by atoms with Gasteiger partial charge in [-0.15, -0.1) is 0 Å². The Labute approximate surface area is 175 Å². The molecule has 0 atom stereocenters. The van der Waals surface area contributed by atoms with E-state index in [2.05, 4.69) is 4.90 Å². The van der Waals surface area contributed by atoms with Crippen LogP contribution in [0.25, 0.3) is 0 Å². The summed E-state index contributed by atoms with van der Waals surface area (Å²) in [4.78, 5) is 2.58. The summed E-state index contributed by atoms with van der Waals surface area (Å²) in [5.41, 5.74) is 1.54. The summed E-state index contributed by atoms with van der Waals surface area (Å²) in [6.45, 7) is 6.93.